The van der Waals surface area contributed by atoms with E-state index in [0.29, 0.717) is 17.9 Å². The van der Waals surface area contributed by atoms with E-state index in [1.165, 1.54) is 0 Å². The molecule has 0 bridgehead atoms. The maximum atomic E-state index is 11.9. The van der Waals surface area contributed by atoms with Crippen molar-refractivity contribution < 1.29 is 19.1 Å². The van der Waals surface area contributed by atoms with Crippen molar-refractivity contribution in [1.82, 2.24) is 10.6 Å². The Bertz CT molecular complexity index is 678. The van der Waals surface area contributed by atoms with Crippen LogP contribution in [0.2, 0.25) is 0 Å². The molecule has 1 saturated heterocycles. The number of ether oxygens (including phenoxy) is 1. The second-order valence-electron chi connectivity index (χ2n) is 7.08. The molecule has 1 heterocycles. The fraction of sp³-hybridized carbons (Fsp3) is 0.526. The number of urea groups is 1. The van der Waals surface area contributed by atoms with Crippen molar-refractivity contribution >= 4 is 41.6 Å². The van der Waals surface area contributed by atoms with Gasteiger partial charge in [0.2, 0.25) is 11.8 Å². The molecule has 0 aromatic heterocycles. The third-order valence-electron chi connectivity index (χ3n) is 4.38. The van der Waals surface area contributed by atoms with E-state index in [-0.39, 0.29) is 48.8 Å². The van der Waals surface area contributed by atoms with Gasteiger partial charge < -0.3 is 31.7 Å². The van der Waals surface area contributed by atoms with Crippen molar-refractivity contribution in [1.29, 1.82) is 0 Å². The summed E-state index contributed by atoms with van der Waals surface area (Å²) in [5, 5.41) is 10.7. The number of nitrogens with two attached hydrogens (primary N) is 1. The zero-order valence-corrected chi connectivity index (χ0v) is 17.5. The van der Waals surface area contributed by atoms with Gasteiger partial charge in [0, 0.05) is 24.5 Å². The second kappa shape index (κ2) is 12.3. The minimum atomic E-state index is -0.649. The Morgan fingerprint density at radius 3 is 2.28 bits per heavy atom. The molecule has 2 atom stereocenters. The van der Waals surface area contributed by atoms with Gasteiger partial charge >= 0.3 is 6.03 Å². The molecule has 162 valence electrons. The van der Waals surface area contributed by atoms with E-state index in [2.05, 4.69) is 21.3 Å². The molecule has 0 radical (unpaired) electrons. The lowest BCUT2D eigenvalue weighted by Crippen LogP contribution is -2.46. The lowest BCUT2D eigenvalue weighted by atomic mass is 10.1. The average Bonchev–Trinajstić information content (AvgIpc) is 3.19. The van der Waals surface area contributed by atoms with Crippen LogP contribution in [0.4, 0.5) is 16.2 Å². The zero-order valence-electron chi connectivity index (χ0n) is 16.7. The van der Waals surface area contributed by atoms with Gasteiger partial charge in [0.15, 0.2) is 0 Å². The average molecular weight is 428 g/mol. The summed E-state index contributed by atoms with van der Waals surface area (Å²) in [6.45, 7) is 4.73. The van der Waals surface area contributed by atoms with Crippen LogP contribution in [0.3, 0.4) is 0 Å². The van der Waals surface area contributed by atoms with Crippen molar-refractivity contribution in [3.05, 3.63) is 24.3 Å². The van der Waals surface area contributed by atoms with E-state index in [9.17, 15) is 14.4 Å². The normalized spacial score (nSPS) is 16.5. The summed E-state index contributed by atoms with van der Waals surface area (Å²) in [5.41, 5.74) is 6.87. The number of rotatable bonds is 8. The van der Waals surface area contributed by atoms with Crippen LogP contribution < -0.4 is 27.0 Å². The van der Waals surface area contributed by atoms with Crippen molar-refractivity contribution in [3.8, 4) is 0 Å². The van der Waals surface area contributed by atoms with Gasteiger partial charge in [-0.25, -0.2) is 4.79 Å². The largest absolute Gasteiger partial charge is 0.376 e. The first-order chi connectivity index (χ1) is 13.3. The van der Waals surface area contributed by atoms with E-state index < -0.39 is 6.04 Å². The Kier molecular flexibility index (Phi) is 10.4. The van der Waals surface area contributed by atoms with Crippen LogP contribution in [-0.4, -0.2) is 49.7 Å². The van der Waals surface area contributed by atoms with Gasteiger partial charge in [-0.2, -0.15) is 0 Å². The minimum Gasteiger partial charge on any atom is -0.376 e. The molecular formula is C19H30ClN5O4. The SMILES string of the molecule is CC(C)[C@H](N)C(=O)NCC(=O)Nc1ccc(NC(=O)NCC2CCCO2)cc1.Cl. The zero-order chi connectivity index (χ0) is 20.5. The molecule has 2 rings (SSSR count). The van der Waals surface area contributed by atoms with E-state index in [0.717, 1.165) is 19.4 Å². The number of carbonyl (C=O) groups is 3. The molecule has 1 fully saturated rings. The molecule has 0 spiro atoms. The topological polar surface area (TPSA) is 135 Å². The van der Waals surface area contributed by atoms with Crippen molar-refractivity contribution in [2.45, 2.75) is 38.8 Å². The molecule has 10 heteroatoms. The Hall–Kier alpha value is -2.36. The lowest BCUT2D eigenvalue weighted by molar-refractivity contribution is -0.125. The summed E-state index contributed by atoms with van der Waals surface area (Å²) in [4.78, 5) is 35.6. The number of hydrogen-bond donors (Lipinski definition) is 5. The first-order valence-electron chi connectivity index (χ1n) is 9.45. The van der Waals surface area contributed by atoms with Gasteiger partial charge in [0.05, 0.1) is 18.7 Å². The highest BCUT2D eigenvalue weighted by Gasteiger charge is 2.18. The molecule has 1 aromatic carbocycles. The van der Waals surface area contributed by atoms with Crippen LogP contribution >= 0.6 is 12.4 Å². The van der Waals surface area contributed by atoms with E-state index in [1.54, 1.807) is 24.3 Å². The molecule has 1 unspecified atom stereocenters. The number of anilines is 2. The van der Waals surface area contributed by atoms with Gasteiger partial charge in [-0.3, -0.25) is 9.59 Å². The van der Waals surface area contributed by atoms with Crippen LogP contribution in [0, 0.1) is 5.92 Å². The summed E-state index contributed by atoms with van der Waals surface area (Å²) >= 11 is 0. The van der Waals surface area contributed by atoms with Crippen LogP contribution in [0.15, 0.2) is 24.3 Å². The molecule has 6 N–H and O–H groups in total. The highest BCUT2D eigenvalue weighted by atomic mass is 35.5. The lowest BCUT2D eigenvalue weighted by Gasteiger charge is -2.15. The van der Waals surface area contributed by atoms with Crippen molar-refractivity contribution in [2.24, 2.45) is 11.7 Å². The molecule has 1 aliphatic rings. The highest BCUT2D eigenvalue weighted by molar-refractivity contribution is 5.95. The van der Waals surface area contributed by atoms with E-state index in [4.69, 9.17) is 10.5 Å². The first kappa shape index (κ1) is 24.7. The number of hydrogen-bond acceptors (Lipinski definition) is 5. The number of carbonyl (C=O) groups excluding carboxylic acids is 3. The number of halogens is 1. The van der Waals surface area contributed by atoms with Crippen LogP contribution in [0.1, 0.15) is 26.7 Å². The molecule has 9 nitrogen and oxygen atoms in total. The number of benzene rings is 1. The summed E-state index contributed by atoms with van der Waals surface area (Å²) in [5.74, 6) is -0.732. The predicted octanol–water partition coefficient (Wildman–Crippen LogP) is 1.45. The first-order valence-corrected chi connectivity index (χ1v) is 9.45. The van der Waals surface area contributed by atoms with Crippen LogP contribution in [-0.2, 0) is 14.3 Å². The van der Waals surface area contributed by atoms with Crippen LogP contribution in [0.25, 0.3) is 0 Å². The Labute approximate surface area is 176 Å². The smallest absolute Gasteiger partial charge is 0.319 e. The quantitative estimate of drug-likeness (QED) is 0.428. The van der Waals surface area contributed by atoms with Crippen LogP contribution in [0.5, 0.6) is 0 Å². The Morgan fingerprint density at radius 2 is 1.72 bits per heavy atom. The maximum absolute atomic E-state index is 11.9. The number of amides is 4. The fourth-order valence-electron chi connectivity index (χ4n) is 2.62. The standard InChI is InChI=1S/C19H29N5O4.ClH/c1-12(2)17(20)18(26)21-11-16(25)23-13-5-7-14(8-6-13)24-19(27)22-10-15-4-3-9-28-15;/h5-8,12,15,17H,3-4,9-11,20H2,1-2H3,(H,21,26)(H,23,25)(H2,22,24,27);1H/t15?,17-;/m0./s1. The molecule has 4 amide bonds. The van der Waals surface area contributed by atoms with Crippen molar-refractivity contribution in [2.75, 3.05) is 30.3 Å². The number of nitrogens with one attached hydrogen (secondary N) is 4. The van der Waals surface area contributed by atoms with E-state index >= 15 is 0 Å². The summed E-state index contributed by atoms with van der Waals surface area (Å²) in [7, 11) is 0. The molecule has 0 saturated carbocycles. The van der Waals surface area contributed by atoms with Gasteiger partial charge in [0.25, 0.3) is 0 Å². The predicted molar refractivity (Wildman–Crippen MR) is 114 cm³/mol. The van der Waals surface area contributed by atoms with Gasteiger partial charge in [0.1, 0.15) is 0 Å². The molecule has 29 heavy (non-hydrogen) atoms. The summed E-state index contributed by atoms with van der Waals surface area (Å²) < 4.78 is 5.45. The second-order valence-corrected chi connectivity index (χ2v) is 7.08. The fourth-order valence-corrected chi connectivity index (χ4v) is 2.62. The molecule has 0 aliphatic carbocycles. The monoisotopic (exact) mass is 427 g/mol. The maximum Gasteiger partial charge on any atom is 0.319 e. The highest BCUT2D eigenvalue weighted by Crippen LogP contribution is 2.14. The Balaban J connectivity index is 0.00000420. The molecular weight excluding hydrogens is 398 g/mol. The van der Waals surface area contributed by atoms with Crippen molar-refractivity contribution in [3.63, 3.8) is 0 Å². The third kappa shape index (κ3) is 8.68. The van der Waals surface area contributed by atoms with Gasteiger partial charge in [-0.15, -0.1) is 12.4 Å². The molecule has 1 aromatic rings. The molecule has 1 aliphatic heterocycles. The van der Waals surface area contributed by atoms with E-state index in [1.807, 2.05) is 13.8 Å². The minimum absolute atomic E-state index is 0. The third-order valence-corrected chi connectivity index (χ3v) is 4.38. The van der Waals surface area contributed by atoms with Gasteiger partial charge in [-0.05, 0) is 43.0 Å². The summed E-state index contributed by atoms with van der Waals surface area (Å²) in [6, 6.07) is 5.72. The van der Waals surface area contributed by atoms with Gasteiger partial charge in [-0.1, -0.05) is 13.8 Å². The Morgan fingerprint density at radius 1 is 1.10 bits per heavy atom. The summed E-state index contributed by atoms with van der Waals surface area (Å²) in [6.07, 6.45) is 2.06.